The molecule has 3 heterocycles. The Kier molecular flexibility index (Phi) is 5.25. The van der Waals surface area contributed by atoms with Crippen molar-refractivity contribution in [3.8, 4) is 0 Å². The van der Waals surface area contributed by atoms with Crippen molar-refractivity contribution in [2.24, 2.45) is 7.05 Å². The number of aryl methyl sites for hydroxylation is 2. The fourth-order valence-electron chi connectivity index (χ4n) is 3.29. The van der Waals surface area contributed by atoms with E-state index in [1.54, 1.807) is 0 Å². The topological polar surface area (TPSA) is 71.2 Å². The van der Waals surface area contributed by atoms with Crippen LogP contribution in [0.5, 0.6) is 0 Å². The van der Waals surface area contributed by atoms with Crippen LogP contribution in [0.2, 0.25) is 0 Å². The van der Waals surface area contributed by atoms with Gasteiger partial charge in [0, 0.05) is 49.7 Å². The molecule has 6 nitrogen and oxygen atoms in total. The number of likely N-dealkylation sites (tertiary alicyclic amines) is 1. The van der Waals surface area contributed by atoms with Crippen LogP contribution < -0.4 is 0 Å². The molecule has 2 aromatic rings. The molecule has 0 amide bonds. The molecule has 24 heavy (non-hydrogen) atoms. The highest BCUT2D eigenvalue weighted by Crippen LogP contribution is 2.26. The normalized spacial score (nSPS) is 18.6. The van der Waals surface area contributed by atoms with Crippen LogP contribution in [0, 0.1) is 0 Å². The fourth-order valence-corrected chi connectivity index (χ4v) is 3.29. The van der Waals surface area contributed by atoms with E-state index >= 15 is 0 Å². The van der Waals surface area contributed by atoms with Gasteiger partial charge in [-0.05, 0) is 31.5 Å². The van der Waals surface area contributed by atoms with Crippen LogP contribution in [0.25, 0.3) is 0 Å². The van der Waals surface area contributed by atoms with Gasteiger partial charge in [0.15, 0.2) is 0 Å². The lowest BCUT2D eigenvalue weighted by atomic mass is 9.94. The summed E-state index contributed by atoms with van der Waals surface area (Å²) in [6.07, 6.45) is 6.72. The minimum Gasteiger partial charge on any atom is -0.481 e. The molecule has 1 aliphatic rings. The van der Waals surface area contributed by atoms with E-state index in [-0.39, 0.29) is 6.42 Å². The summed E-state index contributed by atoms with van der Waals surface area (Å²) in [4.78, 5) is 22.3. The first-order chi connectivity index (χ1) is 11.6. The van der Waals surface area contributed by atoms with Gasteiger partial charge in [-0.2, -0.15) is 0 Å². The number of aliphatic carboxylic acids is 1. The molecular weight excluding hydrogens is 304 g/mol. The van der Waals surface area contributed by atoms with Crippen LogP contribution >= 0.6 is 0 Å². The van der Waals surface area contributed by atoms with E-state index in [4.69, 9.17) is 10.1 Å². The van der Waals surface area contributed by atoms with Gasteiger partial charge in [0.2, 0.25) is 0 Å². The summed E-state index contributed by atoms with van der Waals surface area (Å²) in [7, 11) is 2.03. The van der Waals surface area contributed by atoms with Crippen molar-refractivity contribution in [3.05, 3.63) is 47.8 Å². The summed E-state index contributed by atoms with van der Waals surface area (Å²) < 4.78 is 2.06. The summed E-state index contributed by atoms with van der Waals surface area (Å²) in [5, 5.41) is 8.83. The molecule has 0 aliphatic carbocycles. The number of nitrogens with zero attached hydrogens (tertiary/aromatic N) is 4. The van der Waals surface area contributed by atoms with Crippen molar-refractivity contribution in [1.29, 1.82) is 0 Å². The molecule has 128 valence electrons. The average Bonchev–Trinajstić information content (AvgIpc) is 2.98. The summed E-state index contributed by atoms with van der Waals surface area (Å²) >= 11 is 0. The van der Waals surface area contributed by atoms with Gasteiger partial charge in [0.1, 0.15) is 5.82 Å². The first-order valence-electron chi connectivity index (χ1n) is 8.48. The van der Waals surface area contributed by atoms with Crippen LogP contribution in [0.3, 0.4) is 0 Å². The Bertz CT molecular complexity index is 698. The number of hydrogen-bond donors (Lipinski definition) is 1. The Morgan fingerprint density at radius 1 is 1.42 bits per heavy atom. The van der Waals surface area contributed by atoms with Gasteiger partial charge in [0.25, 0.3) is 0 Å². The molecule has 3 rings (SSSR count). The average molecular weight is 328 g/mol. The summed E-state index contributed by atoms with van der Waals surface area (Å²) in [6, 6.07) is 5.98. The lowest BCUT2D eigenvalue weighted by molar-refractivity contribution is -0.136. The SMILES string of the molecule is Cn1ccnc1CN1CCCC(c2cccc(CCC(=O)O)n2)C1. The quantitative estimate of drug-likeness (QED) is 0.880. The maximum Gasteiger partial charge on any atom is 0.303 e. The summed E-state index contributed by atoms with van der Waals surface area (Å²) in [6.45, 7) is 2.92. The first-order valence-corrected chi connectivity index (χ1v) is 8.48. The van der Waals surface area contributed by atoms with E-state index in [0.717, 1.165) is 49.7 Å². The molecule has 0 spiro atoms. The highest BCUT2D eigenvalue weighted by Gasteiger charge is 2.23. The number of piperidine rings is 1. The highest BCUT2D eigenvalue weighted by molar-refractivity contribution is 5.66. The molecule has 2 aromatic heterocycles. The Morgan fingerprint density at radius 3 is 3.04 bits per heavy atom. The molecule has 0 aromatic carbocycles. The smallest absolute Gasteiger partial charge is 0.303 e. The van der Waals surface area contributed by atoms with Crippen molar-refractivity contribution in [2.75, 3.05) is 13.1 Å². The number of rotatable bonds is 6. The minimum atomic E-state index is -0.777. The van der Waals surface area contributed by atoms with E-state index in [1.807, 2.05) is 31.6 Å². The number of pyridine rings is 1. The van der Waals surface area contributed by atoms with E-state index in [0.29, 0.717) is 12.3 Å². The zero-order chi connectivity index (χ0) is 16.9. The first kappa shape index (κ1) is 16.6. The lowest BCUT2D eigenvalue weighted by Crippen LogP contribution is -2.35. The third-order valence-corrected chi connectivity index (χ3v) is 4.63. The fraction of sp³-hybridized carbons (Fsp3) is 0.500. The van der Waals surface area contributed by atoms with E-state index in [9.17, 15) is 4.79 Å². The second-order valence-corrected chi connectivity index (χ2v) is 6.48. The zero-order valence-electron chi connectivity index (χ0n) is 14.1. The molecule has 0 saturated carbocycles. The van der Waals surface area contributed by atoms with Crippen LogP contribution in [0.1, 0.15) is 42.4 Å². The van der Waals surface area contributed by atoms with Gasteiger partial charge in [0.05, 0.1) is 13.0 Å². The Balaban J connectivity index is 1.65. The maximum absolute atomic E-state index is 10.7. The van der Waals surface area contributed by atoms with Gasteiger partial charge in [-0.3, -0.25) is 14.7 Å². The second kappa shape index (κ2) is 7.57. The van der Waals surface area contributed by atoms with Gasteiger partial charge in [-0.1, -0.05) is 6.07 Å². The van der Waals surface area contributed by atoms with Crippen molar-refractivity contribution >= 4 is 5.97 Å². The van der Waals surface area contributed by atoms with Gasteiger partial charge < -0.3 is 9.67 Å². The van der Waals surface area contributed by atoms with Gasteiger partial charge >= 0.3 is 5.97 Å². The molecule has 1 fully saturated rings. The second-order valence-electron chi connectivity index (χ2n) is 6.48. The van der Waals surface area contributed by atoms with Crippen LogP contribution in [0.4, 0.5) is 0 Å². The molecule has 1 N–H and O–H groups in total. The molecule has 6 heteroatoms. The minimum absolute atomic E-state index is 0.131. The number of hydrogen-bond acceptors (Lipinski definition) is 4. The van der Waals surface area contributed by atoms with Crippen molar-refractivity contribution in [1.82, 2.24) is 19.4 Å². The number of carboxylic acid groups (broad SMARTS) is 1. The third kappa shape index (κ3) is 4.20. The van der Waals surface area contributed by atoms with Crippen LogP contribution in [-0.4, -0.2) is 43.6 Å². The molecule has 1 atom stereocenters. The van der Waals surface area contributed by atoms with Crippen molar-refractivity contribution in [3.63, 3.8) is 0 Å². The molecule has 0 radical (unpaired) electrons. The van der Waals surface area contributed by atoms with Gasteiger partial charge in [-0.15, -0.1) is 0 Å². The van der Waals surface area contributed by atoms with Crippen molar-refractivity contribution in [2.45, 2.75) is 38.1 Å². The van der Waals surface area contributed by atoms with Gasteiger partial charge in [-0.25, -0.2) is 4.98 Å². The summed E-state index contributed by atoms with van der Waals surface area (Å²) in [5.74, 6) is 0.712. The van der Waals surface area contributed by atoms with E-state index in [1.165, 1.54) is 0 Å². The number of carboxylic acids is 1. The molecule has 1 unspecified atom stereocenters. The third-order valence-electron chi connectivity index (χ3n) is 4.63. The van der Waals surface area contributed by atoms with E-state index < -0.39 is 5.97 Å². The van der Waals surface area contributed by atoms with Crippen LogP contribution in [-0.2, 0) is 24.8 Å². The summed E-state index contributed by atoms with van der Waals surface area (Å²) in [5.41, 5.74) is 1.96. The number of imidazole rings is 1. The standard InChI is InChI=1S/C18H24N4O2/c1-21-11-9-19-17(21)13-22-10-3-4-14(12-22)16-6-2-5-15(20-16)7-8-18(23)24/h2,5-6,9,11,14H,3-4,7-8,10,12-13H2,1H3,(H,23,24). The highest BCUT2D eigenvalue weighted by atomic mass is 16.4. The largest absolute Gasteiger partial charge is 0.481 e. The monoisotopic (exact) mass is 328 g/mol. The maximum atomic E-state index is 10.7. The molecule has 1 aliphatic heterocycles. The lowest BCUT2D eigenvalue weighted by Gasteiger charge is -2.32. The van der Waals surface area contributed by atoms with E-state index in [2.05, 4.69) is 20.5 Å². The molecular formula is C18H24N4O2. The predicted molar refractivity (Wildman–Crippen MR) is 90.7 cm³/mol. The Labute approximate surface area is 142 Å². The van der Waals surface area contributed by atoms with Crippen molar-refractivity contribution < 1.29 is 9.90 Å². The number of aromatic nitrogens is 3. The Hall–Kier alpha value is -2.21. The predicted octanol–water partition coefficient (Wildman–Crippen LogP) is 2.21. The zero-order valence-corrected chi connectivity index (χ0v) is 14.1. The molecule has 0 bridgehead atoms. The number of carbonyl (C=O) groups is 1. The van der Waals surface area contributed by atoms with Crippen LogP contribution in [0.15, 0.2) is 30.6 Å². The Morgan fingerprint density at radius 2 is 2.29 bits per heavy atom. The molecule has 1 saturated heterocycles.